The van der Waals surface area contributed by atoms with Crippen molar-refractivity contribution in [3.63, 3.8) is 0 Å². The molecule has 0 aliphatic heterocycles. The number of hydrogen-bond donors (Lipinski definition) is 2. The Morgan fingerprint density at radius 3 is 2.77 bits per heavy atom. The molecule has 0 radical (unpaired) electrons. The van der Waals surface area contributed by atoms with Crippen LogP contribution in [0.5, 0.6) is 0 Å². The van der Waals surface area contributed by atoms with Crippen LogP contribution in [0.15, 0.2) is 4.52 Å². The van der Waals surface area contributed by atoms with E-state index < -0.39 is 6.10 Å². The second kappa shape index (κ2) is 3.08. The van der Waals surface area contributed by atoms with Crippen LogP contribution < -0.4 is 5.73 Å². The summed E-state index contributed by atoms with van der Waals surface area (Å²) in [7, 11) is 0. The first-order valence-electron chi connectivity index (χ1n) is 4.44. The molecule has 0 saturated heterocycles. The fourth-order valence-electron chi connectivity index (χ4n) is 1.45. The van der Waals surface area contributed by atoms with Crippen LogP contribution in [0.25, 0.3) is 0 Å². The van der Waals surface area contributed by atoms with Gasteiger partial charge in [-0.1, -0.05) is 5.16 Å². The third-order valence-corrected chi connectivity index (χ3v) is 2.35. The summed E-state index contributed by atoms with van der Waals surface area (Å²) in [6.07, 6.45) is 1.15. The number of nitrogens with zero attached hydrogens (tertiary/aromatic N) is 2. The van der Waals surface area contributed by atoms with Crippen LogP contribution in [0.4, 0.5) is 0 Å². The quantitative estimate of drug-likeness (QED) is 0.690. The average molecular weight is 183 g/mol. The molecule has 0 aromatic carbocycles. The van der Waals surface area contributed by atoms with Gasteiger partial charge in [0.2, 0.25) is 5.89 Å². The Kier molecular flexibility index (Phi) is 2.05. The number of rotatable bonds is 2. The predicted octanol–water partition coefficient (Wildman–Crippen LogP) is 0.328. The van der Waals surface area contributed by atoms with Gasteiger partial charge in [-0.25, -0.2) is 0 Å². The van der Waals surface area contributed by atoms with E-state index in [4.69, 9.17) is 15.4 Å². The normalized spacial score (nSPS) is 29.8. The van der Waals surface area contributed by atoms with E-state index >= 15 is 0 Å². The standard InChI is InChI=1S/C8H13N3O2/c1-4(12)7-10-8(13-11-7)5-2-6(9)3-5/h4-6,12H,2-3,9H2,1H3/t4-,5?,6?/m0/s1. The summed E-state index contributed by atoms with van der Waals surface area (Å²) >= 11 is 0. The van der Waals surface area contributed by atoms with Crippen molar-refractivity contribution in [1.82, 2.24) is 10.1 Å². The van der Waals surface area contributed by atoms with E-state index in [1.165, 1.54) is 0 Å². The van der Waals surface area contributed by atoms with E-state index in [0.29, 0.717) is 17.6 Å². The molecule has 1 fully saturated rings. The van der Waals surface area contributed by atoms with E-state index in [2.05, 4.69) is 10.1 Å². The Bertz CT molecular complexity index is 291. The molecule has 5 nitrogen and oxygen atoms in total. The zero-order valence-corrected chi connectivity index (χ0v) is 7.47. The van der Waals surface area contributed by atoms with Crippen LogP contribution in [0.2, 0.25) is 0 Å². The van der Waals surface area contributed by atoms with Crippen molar-refractivity contribution in [2.24, 2.45) is 5.73 Å². The van der Waals surface area contributed by atoms with Gasteiger partial charge in [-0.15, -0.1) is 0 Å². The molecular weight excluding hydrogens is 170 g/mol. The Labute approximate surface area is 75.9 Å². The average Bonchev–Trinajstić information content (AvgIpc) is 2.46. The summed E-state index contributed by atoms with van der Waals surface area (Å²) in [5.41, 5.74) is 5.63. The van der Waals surface area contributed by atoms with Gasteiger partial charge in [-0.3, -0.25) is 0 Å². The summed E-state index contributed by atoms with van der Waals surface area (Å²) < 4.78 is 5.00. The molecule has 1 atom stereocenters. The molecule has 1 aromatic rings. The zero-order chi connectivity index (χ0) is 9.42. The molecule has 0 amide bonds. The van der Waals surface area contributed by atoms with E-state index in [1.807, 2.05) is 0 Å². The van der Waals surface area contributed by atoms with Crippen molar-refractivity contribution < 1.29 is 9.63 Å². The third-order valence-electron chi connectivity index (χ3n) is 2.35. The Hall–Kier alpha value is -0.940. The molecule has 1 heterocycles. The fraction of sp³-hybridized carbons (Fsp3) is 0.750. The highest BCUT2D eigenvalue weighted by Gasteiger charge is 2.32. The number of hydrogen-bond acceptors (Lipinski definition) is 5. The first kappa shape index (κ1) is 8.65. The molecule has 3 N–H and O–H groups in total. The van der Waals surface area contributed by atoms with E-state index in [1.54, 1.807) is 6.92 Å². The van der Waals surface area contributed by atoms with Crippen molar-refractivity contribution in [2.75, 3.05) is 0 Å². The maximum atomic E-state index is 9.15. The summed E-state index contributed by atoms with van der Waals surface area (Å²) in [6.45, 7) is 1.61. The Morgan fingerprint density at radius 1 is 1.62 bits per heavy atom. The minimum absolute atomic E-state index is 0.270. The first-order valence-corrected chi connectivity index (χ1v) is 4.44. The van der Waals surface area contributed by atoms with Gasteiger partial charge in [0, 0.05) is 12.0 Å². The monoisotopic (exact) mass is 183 g/mol. The lowest BCUT2D eigenvalue weighted by Gasteiger charge is -2.28. The molecule has 72 valence electrons. The highest BCUT2D eigenvalue weighted by Crippen LogP contribution is 2.34. The maximum absolute atomic E-state index is 9.15. The molecule has 2 rings (SSSR count). The first-order chi connectivity index (χ1) is 6.16. The molecule has 0 bridgehead atoms. The van der Waals surface area contributed by atoms with Gasteiger partial charge in [0.15, 0.2) is 5.82 Å². The van der Waals surface area contributed by atoms with Crippen molar-refractivity contribution in [3.05, 3.63) is 11.7 Å². The van der Waals surface area contributed by atoms with Gasteiger partial charge in [0.1, 0.15) is 6.10 Å². The number of aliphatic hydroxyl groups excluding tert-OH is 1. The molecule has 1 saturated carbocycles. The van der Waals surface area contributed by atoms with Crippen LogP contribution in [0.3, 0.4) is 0 Å². The third kappa shape index (κ3) is 1.57. The SMILES string of the molecule is C[C@H](O)c1noc(C2CC(N)C2)n1. The topological polar surface area (TPSA) is 85.2 Å². The maximum Gasteiger partial charge on any atom is 0.229 e. The van der Waals surface area contributed by atoms with E-state index in [0.717, 1.165) is 12.8 Å². The van der Waals surface area contributed by atoms with Gasteiger partial charge < -0.3 is 15.4 Å². The highest BCUT2D eigenvalue weighted by molar-refractivity contribution is 5.03. The van der Waals surface area contributed by atoms with Gasteiger partial charge in [-0.05, 0) is 19.8 Å². The molecule has 1 aromatic heterocycles. The Morgan fingerprint density at radius 2 is 2.31 bits per heavy atom. The van der Waals surface area contributed by atoms with Gasteiger partial charge >= 0.3 is 0 Å². The van der Waals surface area contributed by atoms with Crippen molar-refractivity contribution in [3.8, 4) is 0 Å². The highest BCUT2D eigenvalue weighted by atomic mass is 16.5. The van der Waals surface area contributed by atoms with E-state index in [-0.39, 0.29) is 6.04 Å². The Balaban J connectivity index is 2.06. The number of aliphatic hydroxyl groups is 1. The van der Waals surface area contributed by atoms with Crippen LogP contribution in [0, 0.1) is 0 Å². The molecule has 0 unspecified atom stereocenters. The molecule has 1 aliphatic rings. The minimum Gasteiger partial charge on any atom is -0.385 e. The van der Waals surface area contributed by atoms with Crippen LogP contribution in [-0.2, 0) is 0 Å². The van der Waals surface area contributed by atoms with Crippen LogP contribution in [-0.4, -0.2) is 21.3 Å². The minimum atomic E-state index is -0.661. The second-order valence-corrected chi connectivity index (χ2v) is 3.60. The van der Waals surface area contributed by atoms with Gasteiger partial charge in [-0.2, -0.15) is 4.98 Å². The van der Waals surface area contributed by atoms with Crippen LogP contribution >= 0.6 is 0 Å². The summed E-state index contributed by atoms with van der Waals surface area (Å²) in [6, 6.07) is 0.270. The lowest BCUT2D eigenvalue weighted by molar-refractivity contribution is 0.183. The summed E-state index contributed by atoms with van der Waals surface area (Å²) in [5, 5.41) is 12.8. The van der Waals surface area contributed by atoms with E-state index in [9.17, 15) is 0 Å². The zero-order valence-electron chi connectivity index (χ0n) is 7.47. The number of nitrogens with two attached hydrogens (primary N) is 1. The molecule has 13 heavy (non-hydrogen) atoms. The summed E-state index contributed by atoms with van der Waals surface area (Å²) in [4.78, 5) is 4.08. The number of aromatic nitrogens is 2. The molecule has 5 heteroatoms. The lowest BCUT2D eigenvalue weighted by atomic mass is 9.81. The smallest absolute Gasteiger partial charge is 0.229 e. The molecule has 0 spiro atoms. The van der Waals surface area contributed by atoms with Crippen LogP contribution in [0.1, 0.15) is 43.5 Å². The summed E-state index contributed by atoms with van der Waals surface area (Å²) in [5.74, 6) is 1.27. The predicted molar refractivity (Wildman–Crippen MR) is 44.9 cm³/mol. The van der Waals surface area contributed by atoms with Crippen molar-refractivity contribution in [1.29, 1.82) is 0 Å². The van der Waals surface area contributed by atoms with Gasteiger partial charge in [0.25, 0.3) is 0 Å². The second-order valence-electron chi connectivity index (χ2n) is 3.60. The molecular formula is C8H13N3O2. The lowest BCUT2D eigenvalue weighted by Crippen LogP contribution is -2.34. The van der Waals surface area contributed by atoms with Gasteiger partial charge in [0.05, 0.1) is 0 Å². The van der Waals surface area contributed by atoms with Crippen molar-refractivity contribution in [2.45, 2.75) is 37.8 Å². The largest absolute Gasteiger partial charge is 0.385 e. The molecule has 1 aliphatic carbocycles. The van der Waals surface area contributed by atoms with Crippen molar-refractivity contribution >= 4 is 0 Å². The fourth-order valence-corrected chi connectivity index (χ4v) is 1.45.